The molecule has 2 rings (SSSR count). The third-order valence-corrected chi connectivity index (χ3v) is 3.93. The van der Waals surface area contributed by atoms with Gasteiger partial charge in [-0.25, -0.2) is 0 Å². The van der Waals surface area contributed by atoms with Crippen molar-refractivity contribution < 1.29 is 18.3 Å². The monoisotopic (exact) mass is 285 g/mol. The van der Waals surface area contributed by atoms with Crippen molar-refractivity contribution in [2.24, 2.45) is 5.92 Å². The Morgan fingerprint density at radius 1 is 1.30 bits per heavy atom. The summed E-state index contributed by atoms with van der Waals surface area (Å²) >= 11 is 0. The Hall–Kier alpha value is -1.36. The zero-order valence-electron chi connectivity index (χ0n) is 11.9. The molecule has 1 aliphatic rings. The lowest BCUT2D eigenvalue weighted by molar-refractivity contribution is -0.0512. The van der Waals surface area contributed by atoms with Crippen LogP contribution in [0.5, 0.6) is 11.5 Å². The largest absolute Gasteiger partial charge is 0.493 e. The zero-order valence-corrected chi connectivity index (χ0v) is 11.9. The van der Waals surface area contributed by atoms with Gasteiger partial charge < -0.3 is 14.8 Å². The molecule has 1 unspecified atom stereocenters. The quantitative estimate of drug-likeness (QED) is 0.830. The van der Waals surface area contributed by atoms with Gasteiger partial charge in [-0.3, -0.25) is 0 Å². The predicted octanol–water partition coefficient (Wildman–Crippen LogP) is 3.57. The molecule has 0 saturated heterocycles. The van der Waals surface area contributed by atoms with Gasteiger partial charge >= 0.3 is 6.61 Å². The second kappa shape index (κ2) is 6.88. The molecule has 1 aliphatic carbocycles. The summed E-state index contributed by atoms with van der Waals surface area (Å²) in [4.78, 5) is 0. The second-order valence-corrected chi connectivity index (χ2v) is 5.22. The molecular formula is C15H21F2NO2. The van der Waals surface area contributed by atoms with E-state index in [1.54, 1.807) is 12.1 Å². The van der Waals surface area contributed by atoms with Gasteiger partial charge in [0.05, 0.1) is 7.11 Å². The summed E-state index contributed by atoms with van der Waals surface area (Å²) in [5.41, 5.74) is 0.910. The van der Waals surface area contributed by atoms with E-state index >= 15 is 0 Å². The van der Waals surface area contributed by atoms with Gasteiger partial charge in [-0.1, -0.05) is 12.5 Å². The van der Waals surface area contributed by atoms with E-state index in [2.05, 4.69) is 17.0 Å². The molecule has 0 radical (unpaired) electrons. The fraction of sp³-hybridized carbons (Fsp3) is 0.600. The van der Waals surface area contributed by atoms with Crippen molar-refractivity contribution >= 4 is 0 Å². The van der Waals surface area contributed by atoms with Crippen molar-refractivity contribution in [2.75, 3.05) is 7.11 Å². The van der Waals surface area contributed by atoms with Gasteiger partial charge in [0.1, 0.15) is 0 Å². The third kappa shape index (κ3) is 3.82. The number of hydrogen-bond acceptors (Lipinski definition) is 3. The van der Waals surface area contributed by atoms with Crippen LogP contribution in [0.15, 0.2) is 18.2 Å². The molecule has 0 aliphatic heterocycles. The van der Waals surface area contributed by atoms with E-state index in [0.717, 1.165) is 11.5 Å². The first-order chi connectivity index (χ1) is 9.60. The van der Waals surface area contributed by atoms with E-state index in [1.807, 2.05) is 6.07 Å². The summed E-state index contributed by atoms with van der Waals surface area (Å²) in [7, 11) is 1.43. The van der Waals surface area contributed by atoms with Gasteiger partial charge in [0.25, 0.3) is 0 Å². The van der Waals surface area contributed by atoms with Gasteiger partial charge in [0, 0.05) is 12.6 Å². The van der Waals surface area contributed by atoms with Crippen molar-refractivity contribution in [3.63, 3.8) is 0 Å². The minimum Gasteiger partial charge on any atom is -0.493 e. The van der Waals surface area contributed by atoms with E-state index in [1.165, 1.54) is 26.4 Å². The smallest absolute Gasteiger partial charge is 0.387 e. The molecule has 0 aromatic heterocycles. The van der Waals surface area contributed by atoms with Crippen LogP contribution in [0, 0.1) is 5.92 Å². The normalized spacial score (nSPS) is 16.9. The molecule has 0 bridgehead atoms. The number of hydrogen-bond donors (Lipinski definition) is 1. The number of halogens is 2. The SMILES string of the molecule is COc1ccc(CNC(C)C2CCC2)cc1OC(F)F. The summed E-state index contributed by atoms with van der Waals surface area (Å²) in [6.45, 7) is -0.0356. The summed E-state index contributed by atoms with van der Waals surface area (Å²) in [6, 6.07) is 5.57. The molecule has 1 fully saturated rings. The van der Waals surface area contributed by atoms with Crippen LogP contribution in [-0.4, -0.2) is 19.8 Å². The van der Waals surface area contributed by atoms with Crippen LogP contribution >= 0.6 is 0 Å². The van der Waals surface area contributed by atoms with Gasteiger partial charge in [-0.05, 0) is 43.4 Å². The molecule has 1 aromatic carbocycles. The number of ether oxygens (including phenoxy) is 2. The number of benzene rings is 1. The van der Waals surface area contributed by atoms with Crippen molar-refractivity contribution in [2.45, 2.75) is 45.4 Å². The minimum absolute atomic E-state index is 0.0816. The summed E-state index contributed by atoms with van der Waals surface area (Å²) in [5.74, 6) is 1.14. The summed E-state index contributed by atoms with van der Waals surface area (Å²) in [5, 5.41) is 3.43. The summed E-state index contributed by atoms with van der Waals surface area (Å²) < 4.78 is 34.2. The fourth-order valence-corrected chi connectivity index (χ4v) is 2.40. The van der Waals surface area contributed by atoms with E-state index < -0.39 is 6.61 Å². The van der Waals surface area contributed by atoms with Crippen molar-refractivity contribution in [3.8, 4) is 11.5 Å². The summed E-state index contributed by atoms with van der Waals surface area (Å²) in [6.07, 6.45) is 3.86. The molecular weight excluding hydrogens is 264 g/mol. The lowest BCUT2D eigenvalue weighted by Crippen LogP contribution is -2.36. The Kier molecular flexibility index (Phi) is 5.17. The van der Waals surface area contributed by atoms with Crippen molar-refractivity contribution in [1.82, 2.24) is 5.32 Å². The Morgan fingerprint density at radius 2 is 2.05 bits per heavy atom. The highest BCUT2D eigenvalue weighted by Crippen LogP contribution is 2.31. The first kappa shape index (κ1) is 15.0. The Balaban J connectivity index is 1.96. The highest BCUT2D eigenvalue weighted by Gasteiger charge is 2.23. The number of nitrogens with one attached hydrogen (secondary N) is 1. The number of rotatable bonds is 7. The molecule has 1 aromatic rings. The highest BCUT2D eigenvalue weighted by molar-refractivity contribution is 5.43. The first-order valence-electron chi connectivity index (χ1n) is 6.95. The van der Waals surface area contributed by atoms with E-state index in [0.29, 0.717) is 18.3 Å². The minimum atomic E-state index is -2.85. The van der Waals surface area contributed by atoms with Crippen LogP contribution < -0.4 is 14.8 Å². The van der Waals surface area contributed by atoms with Crippen LogP contribution in [0.2, 0.25) is 0 Å². The lowest BCUT2D eigenvalue weighted by Gasteiger charge is -2.32. The molecule has 0 heterocycles. The Labute approximate surface area is 118 Å². The molecule has 5 heteroatoms. The van der Waals surface area contributed by atoms with Crippen LogP contribution in [0.1, 0.15) is 31.7 Å². The van der Waals surface area contributed by atoms with Crippen molar-refractivity contribution in [1.29, 1.82) is 0 Å². The van der Waals surface area contributed by atoms with Gasteiger partial charge in [0.2, 0.25) is 0 Å². The molecule has 112 valence electrons. The average Bonchev–Trinajstić information content (AvgIpc) is 2.34. The lowest BCUT2D eigenvalue weighted by atomic mass is 9.80. The maximum Gasteiger partial charge on any atom is 0.387 e. The molecule has 0 spiro atoms. The first-order valence-corrected chi connectivity index (χ1v) is 6.95. The predicted molar refractivity (Wildman–Crippen MR) is 73.3 cm³/mol. The molecule has 1 N–H and O–H groups in total. The number of alkyl halides is 2. The van der Waals surface area contributed by atoms with Crippen LogP contribution in [-0.2, 0) is 6.54 Å². The molecule has 0 amide bonds. The van der Waals surface area contributed by atoms with E-state index in [-0.39, 0.29) is 5.75 Å². The van der Waals surface area contributed by atoms with Crippen LogP contribution in [0.4, 0.5) is 8.78 Å². The fourth-order valence-electron chi connectivity index (χ4n) is 2.40. The van der Waals surface area contributed by atoms with Crippen LogP contribution in [0.25, 0.3) is 0 Å². The van der Waals surface area contributed by atoms with E-state index in [4.69, 9.17) is 4.74 Å². The maximum absolute atomic E-state index is 12.3. The van der Waals surface area contributed by atoms with Gasteiger partial charge in [-0.15, -0.1) is 0 Å². The number of methoxy groups -OCH3 is 1. The van der Waals surface area contributed by atoms with Crippen molar-refractivity contribution in [3.05, 3.63) is 23.8 Å². The molecule has 1 saturated carbocycles. The maximum atomic E-state index is 12.3. The highest BCUT2D eigenvalue weighted by atomic mass is 19.3. The van der Waals surface area contributed by atoms with E-state index in [9.17, 15) is 8.78 Å². The Bertz CT molecular complexity index is 436. The second-order valence-electron chi connectivity index (χ2n) is 5.22. The van der Waals surface area contributed by atoms with Gasteiger partial charge in [0.15, 0.2) is 11.5 Å². The molecule has 1 atom stereocenters. The molecule has 3 nitrogen and oxygen atoms in total. The average molecular weight is 285 g/mol. The topological polar surface area (TPSA) is 30.5 Å². The van der Waals surface area contributed by atoms with Crippen LogP contribution in [0.3, 0.4) is 0 Å². The molecule has 20 heavy (non-hydrogen) atoms. The zero-order chi connectivity index (χ0) is 14.5. The third-order valence-electron chi connectivity index (χ3n) is 3.93. The standard InChI is InChI=1S/C15H21F2NO2/c1-10(12-4-3-5-12)18-9-11-6-7-13(19-2)14(8-11)20-15(16)17/h6-8,10,12,15,18H,3-5,9H2,1-2H3. The Morgan fingerprint density at radius 3 is 2.60 bits per heavy atom. The van der Waals surface area contributed by atoms with Gasteiger partial charge in [-0.2, -0.15) is 8.78 Å².